The molecule has 0 aliphatic carbocycles. The molecule has 0 aliphatic rings. The average molecular weight is 274 g/mol. The number of halogens is 1. The van der Waals surface area contributed by atoms with Crippen molar-refractivity contribution in [2.24, 2.45) is 0 Å². The predicted octanol–water partition coefficient (Wildman–Crippen LogP) is 5.08. The van der Waals surface area contributed by atoms with Gasteiger partial charge in [0.05, 0.1) is 0 Å². The summed E-state index contributed by atoms with van der Waals surface area (Å²) < 4.78 is 0. The van der Waals surface area contributed by atoms with Gasteiger partial charge in [-0.1, -0.05) is 54.9 Å². The average Bonchev–Trinajstić information content (AvgIpc) is 2.43. The van der Waals surface area contributed by atoms with E-state index >= 15 is 0 Å². The Morgan fingerprint density at radius 1 is 1.11 bits per heavy atom. The number of anilines is 1. The fraction of sp³-hybridized carbons (Fsp3) is 0.294. The number of rotatable bonds is 5. The highest BCUT2D eigenvalue weighted by Crippen LogP contribution is 2.21. The van der Waals surface area contributed by atoms with Crippen LogP contribution in [0.4, 0.5) is 5.69 Å². The molecule has 0 saturated carbocycles. The lowest BCUT2D eigenvalue weighted by molar-refractivity contribution is 0.690. The molecule has 2 rings (SSSR count). The molecule has 0 saturated heterocycles. The summed E-state index contributed by atoms with van der Waals surface area (Å²) in [7, 11) is 0. The zero-order chi connectivity index (χ0) is 13.7. The van der Waals surface area contributed by atoms with E-state index in [0.717, 1.165) is 29.1 Å². The Labute approximate surface area is 120 Å². The van der Waals surface area contributed by atoms with Gasteiger partial charge < -0.3 is 5.32 Å². The fourth-order valence-corrected chi connectivity index (χ4v) is 2.29. The summed E-state index contributed by atoms with van der Waals surface area (Å²) >= 11 is 6.16. The molecule has 0 heterocycles. The van der Waals surface area contributed by atoms with Crippen LogP contribution < -0.4 is 5.32 Å². The topological polar surface area (TPSA) is 12.0 Å². The molecule has 19 heavy (non-hydrogen) atoms. The highest BCUT2D eigenvalue weighted by molar-refractivity contribution is 6.31. The molecule has 1 atom stereocenters. The zero-order valence-corrected chi connectivity index (χ0v) is 12.2. The van der Waals surface area contributed by atoms with Crippen molar-refractivity contribution < 1.29 is 0 Å². The number of nitrogens with one attached hydrogen (secondary N) is 1. The van der Waals surface area contributed by atoms with Crippen LogP contribution in [0.25, 0.3) is 0 Å². The molecule has 2 aromatic rings. The van der Waals surface area contributed by atoms with Crippen LogP contribution in [0.15, 0.2) is 48.5 Å². The van der Waals surface area contributed by atoms with Crippen LogP contribution in [0, 0.1) is 6.92 Å². The van der Waals surface area contributed by atoms with Crippen LogP contribution >= 0.6 is 11.6 Å². The normalized spacial score (nSPS) is 12.2. The minimum atomic E-state index is 0.432. The molecule has 100 valence electrons. The van der Waals surface area contributed by atoms with Crippen LogP contribution in [0.3, 0.4) is 0 Å². The number of hydrogen-bond donors (Lipinski definition) is 1. The molecule has 0 aromatic heterocycles. The van der Waals surface area contributed by atoms with Gasteiger partial charge in [0.15, 0.2) is 0 Å². The third-order valence-electron chi connectivity index (χ3n) is 3.36. The second-order valence-electron chi connectivity index (χ2n) is 4.90. The lowest BCUT2D eigenvalue weighted by Gasteiger charge is -2.19. The van der Waals surface area contributed by atoms with E-state index < -0.39 is 0 Å². The quantitative estimate of drug-likeness (QED) is 0.801. The first-order chi connectivity index (χ1) is 9.19. The SMILES string of the molecule is CCC(Cc1ccccc1)Nc1ccc(C)c(Cl)c1. The smallest absolute Gasteiger partial charge is 0.0455 e. The van der Waals surface area contributed by atoms with Gasteiger partial charge in [-0.15, -0.1) is 0 Å². The van der Waals surface area contributed by atoms with E-state index in [1.165, 1.54) is 5.56 Å². The van der Waals surface area contributed by atoms with Crippen molar-refractivity contribution >= 4 is 17.3 Å². The molecule has 1 unspecified atom stereocenters. The standard InChI is InChI=1S/C17H20ClN/c1-3-15(11-14-7-5-4-6-8-14)19-16-10-9-13(2)17(18)12-16/h4-10,12,15,19H,3,11H2,1-2H3. The fourth-order valence-electron chi connectivity index (χ4n) is 2.11. The Hall–Kier alpha value is -1.47. The van der Waals surface area contributed by atoms with Gasteiger partial charge in [-0.2, -0.15) is 0 Å². The molecular weight excluding hydrogens is 254 g/mol. The van der Waals surface area contributed by atoms with E-state index in [1.807, 2.05) is 13.0 Å². The zero-order valence-electron chi connectivity index (χ0n) is 11.5. The highest BCUT2D eigenvalue weighted by atomic mass is 35.5. The van der Waals surface area contributed by atoms with Crippen molar-refractivity contribution in [1.82, 2.24) is 0 Å². The van der Waals surface area contributed by atoms with Gasteiger partial charge in [0.2, 0.25) is 0 Å². The van der Waals surface area contributed by atoms with E-state index in [9.17, 15) is 0 Å². The third kappa shape index (κ3) is 4.00. The van der Waals surface area contributed by atoms with Crippen LogP contribution in [0.1, 0.15) is 24.5 Å². The molecule has 0 aliphatic heterocycles. The van der Waals surface area contributed by atoms with Crippen molar-refractivity contribution in [3.05, 3.63) is 64.7 Å². The van der Waals surface area contributed by atoms with Gasteiger partial charge >= 0.3 is 0 Å². The van der Waals surface area contributed by atoms with Crippen molar-refractivity contribution in [1.29, 1.82) is 0 Å². The van der Waals surface area contributed by atoms with Crippen molar-refractivity contribution in [3.63, 3.8) is 0 Å². The minimum absolute atomic E-state index is 0.432. The van der Waals surface area contributed by atoms with Gasteiger partial charge in [-0.05, 0) is 43.0 Å². The molecule has 0 bridgehead atoms. The third-order valence-corrected chi connectivity index (χ3v) is 3.77. The van der Waals surface area contributed by atoms with E-state index in [0.29, 0.717) is 6.04 Å². The summed E-state index contributed by atoms with van der Waals surface area (Å²) in [5.41, 5.74) is 3.57. The molecule has 1 nitrogen and oxygen atoms in total. The summed E-state index contributed by atoms with van der Waals surface area (Å²) in [5.74, 6) is 0. The number of aryl methyl sites for hydroxylation is 1. The molecule has 0 radical (unpaired) electrons. The summed E-state index contributed by atoms with van der Waals surface area (Å²) in [6, 6.07) is 17.2. The summed E-state index contributed by atoms with van der Waals surface area (Å²) in [6.45, 7) is 4.23. The van der Waals surface area contributed by atoms with Gasteiger partial charge in [0, 0.05) is 16.8 Å². The molecule has 0 spiro atoms. The molecule has 0 fully saturated rings. The summed E-state index contributed by atoms with van der Waals surface area (Å²) in [6.07, 6.45) is 2.11. The molecule has 1 N–H and O–H groups in total. The second kappa shape index (κ2) is 6.63. The highest BCUT2D eigenvalue weighted by Gasteiger charge is 2.08. The maximum Gasteiger partial charge on any atom is 0.0455 e. The van der Waals surface area contributed by atoms with E-state index in [2.05, 4.69) is 54.7 Å². The molecular formula is C17H20ClN. The van der Waals surface area contributed by atoms with E-state index in [-0.39, 0.29) is 0 Å². The van der Waals surface area contributed by atoms with Crippen molar-refractivity contribution in [3.8, 4) is 0 Å². The maximum atomic E-state index is 6.16. The molecule has 2 aromatic carbocycles. The van der Waals surface area contributed by atoms with E-state index in [1.54, 1.807) is 0 Å². The largest absolute Gasteiger partial charge is 0.382 e. The Kier molecular flexibility index (Phi) is 4.86. The van der Waals surface area contributed by atoms with E-state index in [4.69, 9.17) is 11.6 Å². The monoisotopic (exact) mass is 273 g/mol. The lowest BCUT2D eigenvalue weighted by atomic mass is 10.0. The summed E-state index contributed by atoms with van der Waals surface area (Å²) in [4.78, 5) is 0. The Morgan fingerprint density at radius 2 is 1.84 bits per heavy atom. The molecule has 0 amide bonds. The maximum absolute atomic E-state index is 6.16. The first-order valence-corrected chi connectivity index (χ1v) is 7.13. The van der Waals surface area contributed by atoms with Crippen LogP contribution in [0.2, 0.25) is 5.02 Å². The number of benzene rings is 2. The predicted molar refractivity (Wildman–Crippen MR) is 84.0 cm³/mol. The van der Waals surface area contributed by atoms with Crippen LogP contribution in [-0.2, 0) is 6.42 Å². The van der Waals surface area contributed by atoms with Gasteiger partial charge in [0.1, 0.15) is 0 Å². The van der Waals surface area contributed by atoms with Gasteiger partial charge in [-0.25, -0.2) is 0 Å². The van der Waals surface area contributed by atoms with Crippen LogP contribution in [0.5, 0.6) is 0 Å². The minimum Gasteiger partial charge on any atom is -0.382 e. The Balaban J connectivity index is 2.04. The van der Waals surface area contributed by atoms with Gasteiger partial charge in [-0.3, -0.25) is 0 Å². The number of hydrogen-bond acceptors (Lipinski definition) is 1. The van der Waals surface area contributed by atoms with Gasteiger partial charge in [0.25, 0.3) is 0 Å². The first-order valence-electron chi connectivity index (χ1n) is 6.75. The second-order valence-corrected chi connectivity index (χ2v) is 5.31. The van der Waals surface area contributed by atoms with Crippen molar-refractivity contribution in [2.45, 2.75) is 32.7 Å². The summed E-state index contributed by atoms with van der Waals surface area (Å²) in [5, 5.41) is 4.38. The molecule has 2 heteroatoms. The Bertz CT molecular complexity index is 522. The first kappa shape index (κ1) is 14.0. The van der Waals surface area contributed by atoms with Crippen LogP contribution in [-0.4, -0.2) is 6.04 Å². The van der Waals surface area contributed by atoms with Crippen molar-refractivity contribution in [2.75, 3.05) is 5.32 Å². The Morgan fingerprint density at radius 3 is 2.47 bits per heavy atom. The lowest BCUT2D eigenvalue weighted by Crippen LogP contribution is -2.21.